The minimum atomic E-state index is -0.292. The molecule has 1 atom stereocenters. The normalized spacial score (nSPS) is 17.6. The molecule has 5 nitrogen and oxygen atoms in total. The van der Waals surface area contributed by atoms with Crippen LogP contribution in [0.5, 0.6) is 11.5 Å². The number of aromatic hydroxyl groups is 1. The van der Waals surface area contributed by atoms with Gasteiger partial charge in [0.2, 0.25) is 5.43 Å². The van der Waals surface area contributed by atoms with Crippen LogP contribution in [0.25, 0.3) is 0 Å². The van der Waals surface area contributed by atoms with E-state index in [0.717, 1.165) is 57.1 Å². The molecular formula is C20H24N2O3. The van der Waals surface area contributed by atoms with Crippen LogP contribution in [-0.4, -0.2) is 34.3 Å². The average Bonchev–Trinajstić information content (AvgIpc) is 3.04. The molecule has 0 saturated carbocycles. The number of ether oxygens (including phenoxy) is 1. The maximum Gasteiger partial charge on any atom is 0.223 e. The molecule has 0 saturated heterocycles. The highest BCUT2D eigenvalue weighted by molar-refractivity contribution is 5.40. The fourth-order valence-electron chi connectivity index (χ4n) is 3.91. The molecule has 25 heavy (non-hydrogen) atoms. The Morgan fingerprint density at radius 1 is 1.28 bits per heavy atom. The summed E-state index contributed by atoms with van der Waals surface area (Å²) in [5, 5.41) is 9.56. The molecule has 1 unspecified atom stereocenters. The summed E-state index contributed by atoms with van der Waals surface area (Å²) in [5.74, 6) is 1.41. The zero-order chi connectivity index (χ0) is 17.4. The molecule has 0 radical (unpaired) electrons. The second-order valence-corrected chi connectivity index (χ2v) is 7.29. The van der Waals surface area contributed by atoms with Crippen molar-refractivity contribution >= 4 is 0 Å². The van der Waals surface area contributed by atoms with Crippen LogP contribution in [0.3, 0.4) is 0 Å². The summed E-state index contributed by atoms with van der Waals surface area (Å²) in [6.45, 7) is 6.57. The number of hydrogen-bond donors (Lipinski definition) is 1. The number of rotatable bonds is 4. The minimum absolute atomic E-state index is 0.163. The molecule has 1 aromatic carbocycles. The third kappa shape index (κ3) is 3.42. The first-order valence-electron chi connectivity index (χ1n) is 8.98. The van der Waals surface area contributed by atoms with E-state index in [4.69, 9.17) is 4.74 Å². The average molecular weight is 340 g/mol. The molecule has 0 amide bonds. The summed E-state index contributed by atoms with van der Waals surface area (Å²) in [5.41, 5.74) is 3.33. The maximum absolute atomic E-state index is 11.7. The number of fused-ring (bicyclic) bond motifs is 2. The van der Waals surface area contributed by atoms with Crippen LogP contribution in [0.2, 0.25) is 0 Å². The van der Waals surface area contributed by atoms with Crippen LogP contribution in [0.1, 0.15) is 23.7 Å². The zero-order valence-electron chi connectivity index (χ0n) is 14.6. The lowest BCUT2D eigenvalue weighted by molar-refractivity contribution is 0.190. The van der Waals surface area contributed by atoms with Gasteiger partial charge in [-0.05, 0) is 29.5 Å². The Hall–Kier alpha value is -2.27. The summed E-state index contributed by atoms with van der Waals surface area (Å²) >= 11 is 0. The fourth-order valence-corrected chi connectivity index (χ4v) is 3.91. The van der Waals surface area contributed by atoms with E-state index >= 15 is 0 Å². The monoisotopic (exact) mass is 340 g/mol. The first-order valence-corrected chi connectivity index (χ1v) is 8.98. The molecule has 0 spiro atoms. The molecule has 1 aromatic heterocycles. The Balaban J connectivity index is 1.39. The molecule has 2 aromatic rings. The quantitative estimate of drug-likeness (QED) is 0.927. The van der Waals surface area contributed by atoms with Gasteiger partial charge in [0.25, 0.3) is 0 Å². The van der Waals surface area contributed by atoms with Crippen LogP contribution in [0.15, 0.2) is 35.3 Å². The zero-order valence-corrected chi connectivity index (χ0v) is 14.6. The van der Waals surface area contributed by atoms with Crippen molar-refractivity contribution in [3.8, 4) is 11.5 Å². The lowest BCUT2D eigenvalue weighted by Gasteiger charge is -2.32. The first-order chi connectivity index (χ1) is 12.1. The molecule has 5 heteroatoms. The van der Waals surface area contributed by atoms with E-state index in [1.807, 2.05) is 4.57 Å². The van der Waals surface area contributed by atoms with Crippen LogP contribution in [-0.2, 0) is 25.9 Å². The number of aromatic nitrogens is 1. The molecule has 4 rings (SSSR count). The van der Waals surface area contributed by atoms with Crippen molar-refractivity contribution in [2.75, 3.05) is 19.7 Å². The van der Waals surface area contributed by atoms with Crippen molar-refractivity contribution in [3.63, 3.8) is 0 Å². The van der Waals surface area contributed by atoms with Crippen molar-refractivity contribution in [3.05, 3.63) is 57.5 Å². The molecule has 2 aliphatic rings. The van der Waals surface area contributed by atoms with Gasteiger partial charge in [0.15, 0.2) is 5.75 Å². The summed E-state index contributed by atoms with van der Waals surface area (Å²) in [4.78, 5) is 14.0. The molecule has 1 N–H and O–H groups in total. The highest BCUT2D eigenvalue weighted by atomic mass is 16.5. The van der Waals surface area contributed by atoms with E-state index in [9.17, 15) is 9.90 Å². The fraction of sp³-hybridized carbons (Fsp3) is 0.450. The minimum Gasteiger partial charge on any atom is -0.503 e. The van der Waals surface area contributed by atoms with Gasteiger partial charge in [-0.15, -0.1) is 0 Å². The second-order valence-electron chi connectivity index (χ2n) is 7.29. The smallest absolute Gasteiger partial charge is 0.223 e. The third-order valence-corrected chi connectivity index (χ3v) is 5.15. The van der Waals surface area contributed by atoms with E-state index in [0.29, 0.717) is 5.92 Å². The summed E-state index contributed by atoms with van der Waals surface area (Å²) in [6, 6.07) is 8.16. The Kier molecular flexibility index (Phi) is 4.25. The molecule has 2 aliphatic heterocycles. The highest BCUT2D eigenvalue weighted by Crippen LogP contribution is 2.27. The van der Waals surface area contributed by atoms with Gasteiger partial charge in [0.1, 0.15) is 5.75 Å². The summed E-state index contributed by atoms with van der Waals surface area (Å²) in [7, 11) is 0. The molecular weight excluding hydrogens is 316 g/mol. The van der Waals surface area contributed by atoms with Crippen LogP contribution in [0.4, 0.5) is 0 Å². The van der Waals surface area contributed by atoms with Gasteiger partial charge in [-0.2, -0.15) is 0 Å². The van der Waals surface area contributed by atoms with Gasteiger partial charge in [-0.3, -0.25) is 9.69 Å². The van der Waals surface area contributed by atoms with Crippen molar-refractivity contribution in [1.29, 1.82) is 0 Å². The Labute approximate surface area is 147 Å². The van der Waals surface area contributed by atoms with E-state index in [2.05, 4.69) is 30.0 Å². The summed E-state index contributed by atoms with van der Waals surface area (Å²) in [6.07, 6.45) is 3.60. The van der Waals surface area contributed by atoms with E-state index in [-0.39, 0.29) is 11.2 Å². The predicted molar refractivity (Wildman–Crippen MR) is 96.2 cm³/mol. The largest absolute Gasteiger partial charge is 0.503 e. The van der Waals surface area contributed by atoms with Crippen molar-refractivity contribution in [2.24, 2.45) is 5.92 Å². The van der Waals surface area contributed by atoms with Gasteiger partial charge in [-0.1, -0.05) is 19.1 Å². The van der Waals surface area contributed by atoms with Crippen molar-refractivity contribution in [1.82, 2.24) is 9.47 Å². The van der Waals surface area contributed by atoms with E-state index in [1.165, 1.54) is 11.1 Å². The van der Waals surface area contributed by atoms with Crippen LogP contribution >= 0.6 is 0 Å². The number of nitrogens with zero attached hydrogens (tertiary/aromatic N) is 2. The standard InChI is InChI=1S/C20H24N2O3/c1-14(8-15-2-3-16-4-7-25-20(16)9-15)11-21-5-6-22-13-19(24)18(23)10-17(22)12-21/h2-3,9-10,13-14,24H,4-8,11-12H2,1H3. The van der Waals surface area contributed by atoms with Gasteiger partial charge >= 0.3 is 0 Å². The molecule has 0 aliphatic carbocycles. The molecule has 3 heterocycles. The maximum atomic E-state index is 11.7. The van der Waals surface area contributed by atoms with Gasteiger partial charge < -0.3 is 14.4 Å². The number of hydrogen-bond acceptors (Lipinski definition) is 4. The van der Waals surface area contributed by atoms with Gasteiger partial charge in [0.05, 0.1) is 12.8 Å². The van der Waals surface area contributed by atoms with Crippen molar-refractivity contribution < 1.29 is 9.84 Å². The predicted octanol–water partition coefficient (Wildman–Crippen LogP) is 2.18. The van der Waals surface area contributed by atoms with E-state index < -0.39 is 0 Å². The SMILES string of the molecule is CC(Cc1ccc2c(c1)OCC2)CN1CCn2cc(O)c(=O)cc2C1. The Morgan fingerprint density at radius 2 is 2.16 bits per heavy atom. The van der Waals surface area contributed by atoms with Gasteiger partial charge in [-0.25, -0.2) is 0 Å². The second kappa shape index (κ2) is 6.56. The van der Waals surface area contributed by atoms with Gasteiger partial charge in [0, 0.05) is 44.4 Å². The van der Waals surface area contributed by atoms with E-state index in [1.54, 1.807) is 12.3 Å². The van der Waals surface area contributed by atoms with Crippen molar-refractivity contribution in [2.45, 2.75) is 32.9 Å². The van der Waals surface area contributed by atoms with Crippen LogP contribution in [0, 0.1) is 5.92 Å². The Morgan fingerprint density at radius 3 is 3.04 bits per heavy atom. The summed E-state index contributed by atoms with van der Waals surface area (Å²) < 4.78 is 7.65. The molecule has 0 fully saturated rings. The first kappa shape index (κ1) is 16.2. The molecule has 0 bridgehead atoms. The van der Waals surface area contributed by atoms with Crippen LogP contribution < -0.4 is 10.2 Å². The lowest BCUT2D eigenvalue weighted by Crippen LogP contribution is -2.37. The number of pyridine rings is 1. The number of benzene rings is 1. The highest BCUT2D eigenvalue weighted by Gasteiger charge is 2.19. The third-order valence-electron chi connectivity index (χ3n) is 5.15. The Bertz CT molecular complexity index is 843. The topological polar surface area (TPSA) is 54.7 Å². The lowest BCUT2D eigenvalue weighted by atomic mass is 9.98. The molecule has 132 valence electrons.